The van der Waals surface area contributed by atoms with E-state index in [0.29, 0.717) is 11.1 Å². The van der Waals surface area contributed by atoms with E-state index in [0.717, 1.165) is 46.6 Å². The van der Waals surface area contributed by atoms with Crippen LogP contribution in [0.4, 0.5) is 11.5 Å². The molecule has 26 heavy (non-hydrogen) atoms. The van der Waals surface area contributed by atoms with E-state index in [4.69, 9.17) is 16.6 Å². The molecule has 0 fully saturated rings. The highest BCUT2D eigenvalue weighted by Crippen LogP contribution is 2.32. The van der Waals surface area contributed by atoms with Crippen LogP contribution in [0.3, 0.4) is 0 Å². The number of halogens is 1. The van der Waals surface area contributed by atoms with Gasteiger partial charge in [-0.15, -0.1) is 0 Å². The predicted molar refractivity (Wildman–Crippen MR) is 108 cm³/mol. The molecule has 3 aromatic heterocycles. The first-order valence-electron chi connectivity index (χ1n) is 8.99. The van der Waals surface area contributed by atoms with Gasteiger partial charge in [0.1, 0.15) is 11.5 Å². The molecular weight excluding hydrogens is 346 g/mol. The van der Waals surface area contributed by atoms with Crippen molar-refractivity contribution in [1.82, 2.24) is 19.2 Å². The van der Waals surface area contributed by atoms with E-state index in [9.17, 15) is 0 Å². The van der Waals surface area contributed by atoms with Gasteiger partial charge in [0.05, 0.1) is 22.3 Å². The number of benzene rings is 1. The van der Waals surface area contributed by atoms with E-state index in [-0.39, 0.29) is 0 Å². The molecular formula is C20H22ClN5. The van der Waals surface area contributed by atoms with Gasteiger partial charge < -0.3 is 9.88 Å². The maximum Gasteiger partial charge on any atom is 0.159 e. The van der Waals surface area contributed by atoms with Crippen LogP contribution in [0.5, 0.6) is 0 Å². The molecule has 0 radical (unpaired) electrons. The topological polar surface area (TPSA) is 47.2 Å². The monoisotopic (exact) mass is 367 g/mol. The van der Waals surface area contributed by atoms with Crippen LogP contribution in [0, 0.1) is 6.92 Å². The van der Waals surface area contributed by atoms with Crippen LogP contribution < -0.4 is 5.32 Å². The van der Waals surface area contributed by atoms with Crippen molar-refractivity contribution < 1.29 is 0 Å². The summed E-state index contributed by atoms with van der Waals surface area (Å²) in [5.41, 5.74) is 3.85. The summed E-state index contributed by atoms with van der Waals surface area (Å²) >= 11 is 6.42. The van der Waals surface area contributed by atoms with E-state index >= 15 is 0 Å². The molecule has 3 heterocycles. The maximum atomic E-state index is 6.42. The van der Waals surface area contributed by atoms with Crippen LogP contribution in [0.1, 0.15) is 38.3 Å². The Balaban J connectivity index is 1.91. The number of nitrogens with one attached hydrogen (secondary N) is 1. The van der Waals surface area contributed by atoms with E-state index in [2.05, 4.69) is 41.1 Å². The predicted octanol–water partition coefficient (Wildman–Crippen LogP) is 5.75. The summed E-state index contributed by atoms with van der Waals surface area (Å²) in [5, 5.41) is 9.62. The van der Waals surface area contributed by atoms with Crippen molar-refractivity contribution in [1.29, 1.82) is 0 Å². The Hall–Kier alpha value is -2.53. The highest BCUT2D eigenvalue weighted by atomic mass is 35.5. The van der Waals surface area contributed by atoms with Crippen LogP contribution in [-0.4, -0.2) is 19.2 Å². The lowest BCUT2D eigenvalue weighted by atomic mass is 10.2. The average Bonchev–Trinajstić information content (AvgIpc) is 3.25. The smallest absolute Gasteiger partial charge is 0.159 e. The van der Waals surface area contributed by atoms with E-state index in [1.54, 1.807) is 6.20 Å². The highest BCUT2D eigenvalue weighted by molar-refractivity contribution is 6.33. The molecule has 1 N–H and O–H groups in total. The fourth-order valence-corrected chi connectivity index (χ4v) is 3.77. The van der Waals surface area contributed by atoms with Gasteiger partial charge in [-0.3, -0.25) is 0 Å². The molecule has 0 aliphatic carbocycles. The zero-order chi connectivity index (χ0) is 18.3. The van der Waals surface area contributed by atoms with Crippen LogP contribution in [-0.2, 0) is 0 Å². The molecule has 0 saturated carbocycles. The third-order valence-corrected chi connectivity index (χ3v) is 5.22. The summed E-state index contributed by atoms with van der Waals surface area (Å²) < 4.78 is 4.22. The van der Waals surface area contributed by atoms with Gasteiger partial charge in [0, 0.05) is 18.3 Å². The third kappa shape index (κ3) is 2.72. The third-order valence-electron chi connectivity index (χ3n) is 4.91. The van der Waals surface area contributed by atoms with Gasteiger partial charge in [0.25, 0.3) is 0 Å². The van der Waals surface area contributed by atoms with Crippen LogP contribution >= 0.6 is 11.6 Å². The Morgan fingerprint density at radius 1 is 1.15 bits per heavy atom. The summed E-state index contributed by atoms with van der Waals surface area (Å²) in [4.78, 5) is 4.76. The van der Waals surface area contributed by atoms with E-state index in [1.807, 2.05) is 35.7 Å². The fraction of sp³-hybridized carbons (Fsp3) is 0.300. The molecule has 0 aliphatic rings. The summed E-state index contributed by atoms with van der Waals surface area (Å²) in [6.45, 7) is 6.46. The van der Waals surface area contributed by atoms with Crippen molar-refractivity contribution in [2.24, 2.45) is 0 Å². The van der Waals surface area contributed by atoms with E-state index < -0.39 is 0 Å². The molecule has 0 unspecified atom stereocenters. The minimum Gasteiger partial charge on any atom is -0.338 e. The molecule has 1 aromatic carbocycles. The standard InChI is InChI=1S/C20H22ClN5/c1-4-14(5-2)25-11-9-15-19(23-17-7-6-13(3)12-16(17)21)24-18-8-10-22-26(18)20(15)25/h6-12,14H,4-5H2,1-3H3,(H,23,24). The number of nitrogens with zero attached hydrogens (tertiary/aromatic N) is 4. The number of hydrogen-bond donors (Lipinski definition) is 1. The van der Waals surface area contributed by atoms with Crippen LogP contribution in [0.25, 0.3) is 16.7 Å². The van der Waals surface area contributed by atoms with Crippen molar-refractivity contribution in [2.45, 2.75) is 39.7 Å². The van der Waals surface area contributed by atoms with Crippen LogP contribution in [0.2, 0.25) is 5.02 Å². The second-order valence-electron chi connectivity index (χ2n) is 6.60. The fourth-order valence-electron chi connectivity index (χ4n) is 3.49. The number of fused-ring (bicyclic) bond motifs is 3. The Morgan fingerprint density at radius 3 is 2.69 bits per heavy atom. The minimum atomic E-state index is 0.429. The summed E-state index contributed by atoms with van der Waals surface area (Å²) in [7, 11) is 0. The van der Waals surface area contributed by atoms with Gasteiger partial charge in [0.2, 0.25) is 0 Å². The van der Waals surface area contributed by atoms with Gasteiger partial charge >= 0.3 is 0 Å². The normalized spacial score (nSPS) is 11.7. The summed E-state index contributed by atoms with van der Waals surface area (Å²) in [6, 6.07) is 10.4. The largest absolute Gasteiger partial charge is 0.338 e. The van der Waals surface area contributed by atoms with Crippen molar-refractivity contribution in [3.63, 3.8) is 0 Å². The van der Waals surface area contributed by atoms with Gasteiger partial charge in [-0.1, -0.05) is 31.5 Å². The maximum absolute atomic E-state index is 6.42. The second-order valence-corrected chi connectivity index (χ2v) is 7.01. The number of aromatic nitrogens is 4. The Labute approximate surface area is 157 Å². The second kappa shape index (κ2) is 6.65. The Morgan fingerprint density at radius 2 is 1.96 bits per heavy atom. The zero-order valence-corrected chi connectivity index (χ0v) is 16.0. The molecule has 5 nitrogen and oxygen atoms in total. The molecule has 0 spiro atoms. The van der Waals surface area contributed by atoms with Crippen LogP contribution in [0.15, 0.2) is 42.7 Å². The average molecular weight is 368 g/mol. The number of hydrogen-bond acceptors (Lipinski definition) is 3. The first kappa shape index (κ1) is 16.9. The molecule has 0 atom stereocenters. The van der Waals surface area contributed by atoms with Crippen molar-refractivity contribution in [2.75, 3.05) is 5.32 Å². The van der Waals surface area contributed by atoms with Gasteiger partial charge in [-0.05, 0) is 43.5 Å². The van der Waals surface area contributed by atoms with E-state index in [1.165, 1.54) is 0 Å². The molecule has 4 rings (SSSR count). The summed E-state index contributed by atoms with van der Waals surface area (Å²) in [6.07, 6.45) is 6.05. The molecule has 6 heteroatoms. The zero-order valence-electron chi connectivity index (χ0n) is 15.2. The molecule has 134 valence electrons. The first-order chi connectivity index (χ1) is 12.6. The SMILES string of the molecule is CCC(CC)n1ccc2c(Nc3ccc(C)cc3Cl)nc3ccnn3c21. The quantitative estimate of drug-likeness (QED) is 0.488. The molecule has 0 amide bonds. The van der Waals surface area contributed by atoms with Gasteiger partial charge in [-0.25, -0.2) is 4.98 Å². The number of anilines is 2. The molecule has 0 bridgehead atoms. The Bertz CT molecular complexity index is 1070. The first-order valence-corrected chi connectivity index (χ1v) is 9.37. The highest BCUT2D eigenvalue weighted by Gasteiger charge is 2.17. The minimum absolute atomic E-state index is 0.429. The lowest BCUT2D eigenvalue weighted by molar-refractivity contribution is 0.481. The van der Waals surface area contributed by atoms with Crippen molar-refractivity contribution >= 4 is 39.8 Å². The van der Waals surface area contributed by atoms with Gasteiger partial charge in [0.15, 0.2) is 5.65 Å². The number of rotatable bonds is 5. The summed E-state index contributed by atoms with van der Waals surface area (Å²) in [5.74, 6) is 0.795. The molecule has 4 aromatic rings. The van der Waals surface area contributed by atoms with Crippen molar-refractivity contribution in [3.05, 3.63) is 53.3 Å². The van der Waals surface area contributed by atoms with Crippen molar-refractivity contribution in [3.8, 4) is 0 Å². The molecule has 0 aliphatic heterocycles. The number of aryl methyl sites for hydroxylation is 1. The lowest BCUT2D eigenvalue weighted by Gasteiger charge is -2.17. The lowest BCUT2D eigenvalue weighted by Crippen LogP contribution is -2.09. The van der Waals surface area contributed by atoms with Gasteiger partial charge in [-0.2, -0.15) is 9.61 Å². The molecule has 0 saturated heterocycles. The Kier molecular flexibility index (Phi) is 4.32.